The molecule has 0 saturated carbocycles. The summed E-state index contributed by atoms with van der Waals surface area (Å²) in [4.78, 5) is 0. The van der Waals surface area contributed by atoms with E-state index in [1.807, 2.05) is 11.4 Å². The van der Waals surface area contributed by atoms with Crippen LogP contribution in [0.25, 0.3) is 10.1 Å². The third kappa shape index (κ3) is 1.36. The highest BCUT2D eigenvalue weighted by molar-refractivity contribution is 7.17. The molecule has 0 aliphatic carbocycles. The van der Waals surface area contributed by atoms with Gasteiger partial charge in [-0.15, -0.1) is 11.3 Å². The molecule has 13 heavy (non-hydrogen) atoms. The zero-order valence-electron chi connectivity index (χ0n) is 6.82. The van der Waals surface area contributed by atoms with E-state index in [0.29, 0.717) is 6.42 Å². The average molecular weight is 189 g/mol. The molecule has 0 amide bonds. The minimum absolute atomic E-state index is 0.255. The van der Waals surface area contributed by atoms with Gasteiger partial charge in [0.1, 0.15) is 5.75 Å². The summed E-state index contributed by atoms with van der Waals surface area (Å²) >= 11 is 1.60. The van der Waals surface area contributed by atoms with E-state index >= 15 is 0 Å². The minimum Gasteiger partial charge on any atom is -0.508 e. The van der Waals surface area contributed by atoms with Crippen molar-refractivity contribution in [3.8, 4) is 11.8 Å². The van der Waals surface area contributed by atoms with Gasteiger partial charge < -0.3 is 5.11 Å². The van der Waals surface area contributed by atoms with E-state index in [0.717, 1.165) is 15.6 Å². The van der Waals surface area contributed by atoms with Crippen LogP contribution in [0.3, 0.4) is 0 Å². The molecular formula is C10H7NOS. The zero-order chi connectivity index (χ0) is 9.26. The lowest BCUT2D eigenvalue weighted by atomic mass is 10.1. The monoisotopic (exact) mass is 189 g/mol. The van der Waals surface area contributed by atoms with E-state index in [-0.39, 0.29) is 5.75 Å². The summed E-state index contributed by atoms with van der Waals surface area (Å²) in [6, 6.07) is 7.35. The van der Waals surface area contributed by atoms with Crippen molar-refractivity contribution < 1.29 is 5.11 Å². The topological polar surface area (TPSA) is 44.0 Å². The first-order chi connectivity index (χ1) is 6.31. The van der Waals surface area contributed by atoms with E-state index in [9.17, 15) is 5.11 Å². The predicted molar refractivity (Wildman–Crippen MR) is 52.8 cm³/mol. The molecule has 0 atom stereocenters. The van der Waals surface area contributed by atoms with Gasteiger partial charge in [0.15, 0.2) is 0 Å². The highest BCUT2D eigenvalue weighted by atomic mass is 32.1. The number of phenolic OH excluding ortho intramolecular Hbond substituents is 1. The molecular weight excluding hydrogens is 182 g/mol. The predicted octanol–water partition coefficient (Wildman–Crippen LogP) is 2.67. The van der Waals surface area contributed by atoms with Gasteiger partial charge in [-0.2, -0.15) is 5.26 Å². The summed E-state index contributed by atoms with van der Waals surface area (Å²) in [6.45, 7) is 0. The van der Waals surface area contributed by atoms with Crippen molar-refractivity contribution in [2.75, 3.05) is 0 Å². The maximum absolute atomic E-state index is 9.26. The second-order valence-electron chi connectivity index (χ2n) is 2.78. The lowest BCUT2D eigenvalue weighted by Gasteiger charge is -1.93. The maximum atomic E-state index is 9.26. The Morgan fingerprint density at radius 1 is 1.46 bits per heavy atom. The Labute approximate surface area is 79.7 Å². The summed E-state index contributed by atoms with van der Waals surface area (Å²) in [7, 11) is 0. The summed E-state index contributed by atoms with van der Waals surface area (Å²) in [5.74, 6) is 0.255. The van der Waals surface area contributed by atoms with Crippen LogP contribution in [0.2, 0.25) is 0 Å². The summed E-state index contributed by atoms with van der Waals surface area (Å²) in [5.41, 5.74) is 0.999. The molecule has 1 aromatic heterocycles. The Kier molecular flexibility index (Phi) is 1.91. The van der Waals surface area contributed by atoms with E-state index in [1.165, 1.54) is 0 Å². The Bertz CT molecular complexity index is 481. The molecule has 0 radical (unpaired) electrons. The summed E-state index contributed by atoms with van der Waals surface area (Å²) in [6.07, 6.45) is 0.406. The van der Waals surface area contributed by atoms with E-state index in [2.05, 4.69) is 6.07 Å². The smallest absolute Gasteiger partial charge is 0.116 e. The van der Waals surface area contributed by atoms with E-state index in [4.69, 9.17) is 5.26 Å². The number of rotatable bonds is 1. The van der Waals surface area contributed by atoms with Crippen molar-refractivity contribution in [2.24, 2.45) is 0 Å². The third-order valence-electron chi connectivity index (χ3n) is 1.91. The van der Waals surface area contributed by atoms with Gasteiger partial charge in [0.2, 0.25) is 0 Å². The molecule has 2 rings (SSSR count). The molecule has 1 heterocycles. The third-order valence-corrected chi connectivity index (χ3v) is 2.92. The van der Waals surface area contributed by atoms with Crippen molar-refractivity contribution in [2.45, 2.75) is 6.42 Å². The van der Waals surface area contributed by atoms with Crippen molar-refractivity contribution in [1.82, 2.24) is 0 Å². The molecule has 0 unspecified atom stereocenters. The first kappa shape index (κ1) is 8.09. The molecule has 0 aliphatic heterocycles. The van der Waals surface area contributed by atoms with Crippen LogP contribution in [0.15, 0.2) is 23.6 Å². The lowest BCUT2D eigenvalue weighted by Crippen LogP contribution is -1.76. The Morgan fingerprint density at radius 2 is 2.31 bits per heavy atom. The Morgan fingerprint density at radius 3 is 3.08 bits per heavy atom. The van der Waals surface area contributed by atoms with Crippen LogP contribution >= 0.6 is 11.3 Å². The molecule has 0 fully saturated rings. The largest absolute Gasteiger partial charge is 0.508 e. The van der Waals surface area contributed by atoms with Crippen LogP contribution in [-0.2, 0) is 6.42 Å². The first-order valence-electron chi connectivity index (χ1n) is 3.87. The fourth-order valence-corrected chi connectivity index (χ4v) is 2.23. The van der Waals surface area contributed by atoms with Crippen molar-refractivity contribution in [3.05, 3.63) is 29.1 Å². The number of aromatic hydroxyl groups is 1. The van der Waals surface area contributed by atoms with Crippen LogP contribution in [0.1, 0.15) is 5.56 Å². The van der Waals surface area contributed by atoms with Crippen LogP contribution in [0.4, 0.5) is 0 Å². The molecule has 1 N–H and O–H groups in total. The molecule has 3 heteroatoms. The van der Waals surface area contributed by atoms with Gasteiger partial charge in [-0.05, 0) is 29.1 Å². The highest BCUT2D eigenvalue weighted by Crippen LogP contribution is 2.29. The number of phenols is 1. The van der Waals surface area contributed by atoms with Crippen LogP contribution in [0.5, 0.6) is 5.75 Å². The van der Waals surface area contributed by atoms with Crippen LogP contribution < -0.4 is 0 Å². The van der Waals surface area contributed by atoms with Gasteiger partial charge in [-0.1, -0.05) is 0 Å². The highest BCUT2D eigenvalue weighted by Gasteiger charge is 2.03. The number of thiophene rings is 1. The molecule has 2 aromatic rings. The van der Waals surface area contributed by atoms with Crippen molar-refractivity contribution in [3.63, 3.8) is 0 Å². The van der Waals surface area contributed by atoms with Crippen molar-refractivity contribution >= 4 is 21.4 Å². The summed E-state index contributed by atoms with van der Waals surface area (Å²) in [5, 5.41) is 20.8. The minimum atomic E-state index is 0.255. The zero-order valence-corrected chi connectivity index (χ0v) is 7.64. The second kappa shape index (κ2) is 3.08. The molecule has 1 aromatic carbocycles. The number of benzene rings is 1. The van der Waals surface area contributed by atoms with Gasteiger partial charge in [-0.3, -0.25) is 0 Å². The molecule has 0 bridgehead atoms. The van der Waals surface area contributed by atoms with Crippen LogP contribution in [0, 0.1) is 11.3 Å². The molecule has 0 spiro atoms. The second-order valence-corrected chi connectivity index (χ2v) is 3.69. The molecule has 64 valence electrons. The van der Waals surface area contributed by atoms with E-state index in [1.54, 1.807) is 23.5 Å². The molecule has 2 nitrogen and oxygen atoms in total. The van der Waals surface area contributed by atoms with Gasteiger partial charge >= 0.3 is 0 Å². The SMILES string of the molecule is N#CCc1csc2ccc(O)cc12. The number of nitriles is 1. The van der Waals surface area contributed by atoms with Crippen molar-refractivity contribution in [1.29, 1.82) is 5.26 Å². The maximum Gasteiger partial charge on any atom is 0.116 e. The lowest BCUT2D eigenvalue weighted by molar-refractivity contribution is 0.476. The molecule has 0 saturated heterocycles. The quantitative estimate of drug-likeness (QED) is 0.749. The normalized spacial score (nSPS) is 10.1. The number of nitrogens with zero attached hydrogens (tertiary/aromatic N) is 1. The van der Waals surface area contributed by atoms with E-state index < -0.39 is 0 Å². The average Bonchev–Trinajstić information content (AvgIpc) is 2.49. The number of hydrogen-bond acceptors (Lipinski definition) is 3. The first-order valence-corrected chi connectivity index (χ1v) is 4.75. The fourth-order valence-electron chi connectivity index (χ4n) is 1.29. The van der Waals surface area contributed by atoms with Crippen LogP contribution in [-0.4, -0.2) is 5.11 Å². The Hall–Kier alpha value is -1.53. The standard InChI is InChI=1S/C10H7NOS/c11-4-3-7-6-13-10-2-1-8(12)5-9(7)10/h1-2,5-6,12H,3H2. The van der Waals surface area contributed by atoms with Gasteiger partial charge in [0.25, 0.3) is 0 Å². The fraction of sp³-hybridized carbons (Fsp3) is 0.100. The number of fused-ring (bicyclic) bond motifs is 1. The van der Waals surface area contributed by atoms with Gasteiger partial charge in [0, 0.05) is 10.1 Å². The molecule has 0 aliphatic rings. The van der Waals surface area contributed by atoms with Gasteiger partial charge in [-0.25, -0.2) is 0 Å². The van der Waals surface area contributed by atoms with Gasteiger partial charge in [0.05, 0.1) is 12.5 Å². The number of hydrogen-bond donors (Lipinski definition) is 1. The summed E-state index contributed by atoms with van der Waals surface area (Å²) < 4.78 is 1.11. The Balaban J connectivity index is 2.66.